The molecule has 3 atom stereocenters. The van der Waals surface area contributed by atoms with Gasteiger partial charge in [0, 0.05) is 0 Å². The van der Waals surface area contributed by atoms with Crippen molar-refractivity contribution in [3.8, 4) is 33.4 Å². The van der Waals surface area contributed by atoms with Gasteiger partial charge in [0.05, 0.1) is 37.4 Å². The summed E-state index contributed by atoms with van der Waals surface area (Å²) in [6, 6.07) is 49.9. The van der Waals surface area contributed by atoms with Crippen LogP contribution < -0.4 is 0 Å². The zero-order chi connectivity index (χ0) is 37.7. The van der Waals surface area contributed by atoms with Crippen molar-refractivity contribution < 1.29 is 33.4 Å². The first-order valence-corrected chi connectivity index (χ1v) is 17.3. The van der Waals surface area contributed by atoms with Crippen LogP contribution in [-0.2, 0) is 19.0 Å². The number of oxime groups is 1. The summed E-state index contributed by atoms with van der Waals surface area (Å²) in [6.07, 6.45) is -1.51. The third kappa shape index (κ3) is 9.57. The van der Waals surface area contributed by atoms with Gasteiger partial charge in [0.15, 0.2) is 6.10 Å². The summed E-state index contributed by atoms with van der Waals surface area (Å²) in [5, 5.41) is 3.82. The van der Waals surface area contributed by atoms with Crippen molar-refractivity contribution in [2.75, 3.05) is 13.7 Å². The molecule has 0 N–H and O–H groups in total. The third-order valence-corrected chi connectivity index (χ3v) is 8.64. The van der Waals surface area contributed by atoms with Gasteiger partial charge in [0.25, 0.3) is 0 Å². The van der Waals surface area contributed by atoms with Crippen LogP contribution in [0.25, 0.3) is 33.4 Å². The maximum Gasteiger partial charge on any atom is 0.338 e. The number of esters is 3. The fourth-order valence-corrected chi connectivity index (χ4v) is 5.72. The summed E-state index contributed by atoms with van der Waals surface area (Å²) in [6.45, 7) is -0.384. The third-order valence-electron chi connectivity index (χ3n) is 8.64. The molecule has 266 valence electrons. The summed E-state index contributed by atoms with van der Waals surface area (Å²) in [7, 11) is 7.91. The predicted molar refractivity (Wildman–Crippen MR) is 209 cm³/mol. The SMILES string of the molecule is [B][C@H](COC(=O)c1ccc(-c2ccccc2)cc1)[C@H](OC(=O)c1ccc(-c2ccccc2)cc1)[C@H](/C=N/OC)OC(=O)c1ccc(-c2ccccc2)cc1. The Kier molecular flexibility index (Phi) is 12.4. The highest BCUT2D eigenvalue weighted by atomic mass is 16.6. The van der Waals surface area contributed by atoms with Crippen LogP contribution in [0.1, 0.15) is 31.1 Å². The second kappa shape index (κ2) is 18.2. The topological polar surface area (TPSA) is 100 Å². The Labute approximate surface area is 315 Å². The number of benzene rings is 6. The Bertz CT molecular complexity index is 2160. The summed E-state index contributed by atoms with van der Waals surface area (Å²) in [4.78, 5) is 45.2. The average Bonchev–Trinajstić information content (AvgIpc) is 3.24. The molecule has 0 amide bonds. The summed E-state index contributed by atoms with van der Waals surface area (Å²) in [5.41, 5.74) is 6.49. The van der Waals surface area contributed by atoms with Crippen LogP contribution in [0.5, 0.6) is 0 Å². The Morgan fingerprint density at radius 1 is 0.519 bits per heavy atom. The highest BCUT2D eigenvalue weighted by Gasteiger charge is 2.34. The van der Waals surface area contributed by atoms with Gasteiger partial charge in [-0.15, -0.1) is 0 Å². The molecule has 0 saturated carbocycles. The minimum absolute atomic E-state index is 0.229. The molecule has 0 spiro atoms. The smallest absolute Gasteiger partial charge is 0.338 e. The number of carbonyl (C=O) groups is 3. The monoisotopic (exact) mass is 713 g/mol. The van der Waals surface area contributed by atoms with Crippen molar-refractivity contribution in [3.05, 3.63) is 180 Å². The Hall–Kier alpha value is -6.74. The maximum atomic E-state index is 13.6. The number of rotatable bonds is 14. The molecule has 6 rings (SSSR count). The molecule has 0 aliphatic heterocycles. The molecule has 0 aliphatic carbocycles. The quantitative estimate of drug-likeness (QED) is 0.0366. The zero-order valence-electron chi connectivity index (χ0n) is 29.5. The normalized spacial score (nSPS) is 12.6. The van der Waals surface area contributed by atoms with Crippen molar-refractivity contribution >= 4 is 32.0 Å². The van der Waals surface area contributed by atoms with Gasteiger partial charge in [0.1, 0.15) is 13.2 Å². The van der Waals surface area contributed by atoms with Crippen LogP contribution in [0.2, 0.25) is 5.82 Å². The number of nitrogens with zero attached hydrogens (tertiary/aromatic N) is 1. The Morgan fingerprint density at radius 2 is 0.870 bits per heavy atom. The molecule has 9 heteroatoms. The van der Waals surface area contributed by atoms with Crippen LogP contribution in [-0.4, -0.2) is 57.9 Å². The molecule has 6 aromatic rings. The van der Waals surface area contributed by atoms with E-state index in [1.54, 1.807) is 60.7 Å². The molecule has 0 unspecified atom stereocenters. The maximum absolute atomic E-state index is 13.6. The van der Waals surface area contributed by atoms with Gasteiger partial charge in [-0.25, -0.2) is 14.4 Å². The minimum Gasteiger partial charge on any atom is -0.462 e. The second-order valence-electron chi connectivity index (χ2n) is 12.3. The van der Waals surface area contributed by atoms with Crippen LogP contribution in [0.3, 0.4) is 0 Å². The first-order chi connectivity index (χ1) is 26.4. The Balaban J connectivity index is 1.21. The lowest BCUT2D eigenvalue weighted by Gasteiger charge is -2.29. The lowest BCUT2D eigenvalue weighted by atomic mass is 9.80. The summed E-state index contributed by atoms with van der Waals surface area (Å²) >= 11 is 0. The zero-order valence-corrected chi connectivity index (χ0v) is 29.5. The first kappa shape index (κ1) is 37.0. The van der Waals surface area contributed by atoms with E-state index in [-0.39, 0.29) is 17.7 Å². The molecule has 0 fully saturated rings. The molecular weight excluding hydrogens is 677 g/mol. The lowest BCUT2D eigenvalue weighted by Crippen LogP contribution is -2.41. The van der Waals surface area contributed by atoms with Crippen molar-refractivity contribution in [2.45, 2.75) is 18.0 Å². The van der Waals surface area contributed by atoms with Gasteiger partial charge in [-0.3, -0.25) is 0 Å². The van der Waals surface area contributed by atoms with Gasteiger partial charge in [-0.2, -0.15) is 0 Å². The summed E-state index contributed by atoms with van der Waals surface area (Å²) in [5.74, 6) is -3.26. The Morgan fingerprint density at radius 3 is 1.26 bits per heavy atom. The van der Waals surface area contributed by atoms with Gasteiger partial charge >= 0.3 is 17.9 Å². The van der Waals surface area contributed by atoms with Crippen molar-refractivity contribution in [3.63, 3.8) is 0 Å². The fourth-order valence-electron chi connectivity index (χ4n) is 5.72. The first-order valence-electron chi connectivity index (χ1n) is 17.3. The minimum atomic E-state index is -1.36. The van der Waals surface area contributed by atoms with E-state index < -0.39 is 35.9 Å². The van der Waals surface area contributed by atoms with E-state index in [1.807, 2.05) is 103 Å². The molecular formula is C45H36BNO7. The van der Waals surface area contributed by atoms with Crippen molar-refractivity contribution in [1.82, 2.24) is 0 Å². The largest absolute Gasteiger partial charge is 0.462 e. The van der Waals surface area contributed by atoms with Gasteiger partial charge in [-0.1, -0.05) is 133 Å². The van der Waals surface area contributed by atoms with Crippen LogP contribution in [0.4, 0.5) is 0 Å². The molecule has 0 saturated heterocycles. The molecule has 8 nitrogen and oxygen atoms in total. The highest BCUT2D eigenvalue weighted by Crippen LogP contribution is 2.25. The molecule has 54 heavy (non-hydrogen) atoms. The van der Waals surface area contributed by atoms with Gasteiger partial charge in [-0.05, 0) is 75.6 Å². The number of hydrogen-bond donors (Lipinski definition) is 0. The fraction of sp³-hybridized carbons (Fsp3) is 0.111. The van der Waals surface area contributed by atoms with E-state index in [0.29, 0.717) is 5.56 Å². The molecule has 0 bridgehead atoms. The molecule has 6 aromatic carbocycles. The number of carbonyl (C=O) groups excluding carboxylic acids is 3. The van der Waals surface area contributed by atoms with E-state index in [1.165, 1.54) is 13.3 Å². The predicted octanol–water partition coefficient (Wildman–Crippen LogP) is 8.88. The molecule has 0 aliphatic rings. The second-order valence-corrected chi connectivity index (χ2v) is 12.3. The van der Waals surface area contributed by atoms with E-state index in [4.69, 9.17) is 26.9 Å². The van der Waals surface area contributed by atoms with E-state index in [0.717, 1.165) is 33.4 Å². The number of ether oxygens (including phenoxy) is 3. The van der Waals surface area contributed by atoms with Crippen LogP contribution in [0.15, 0.2) is 169 Å². The number of hydrogen-bond acceptors (Lipinski definition) is 8. The summed E-state index contributed by atoms with van der Waals surface area (Å²) < 4.78 is 17.4. The molecule has 0 heterocycles. The van der Waals surface area contributed by atoms with E-state index in [2.05, 4.69) is 5.16 Å². The van der Waals surface area contributed by atoms with Crippen LogP contribution in [0, 0.1) is 0 Å². The van der Waals surface area contributed by atoms with Gasteiger partial charge < -0.3 is 19.0 Å². The highest BCUT2D eigenvalue weighted by molar-refractivity contribution is 6.13. The molecule has 0 aromatic heterocycles. The average molecular weight is 714 g/mol. The van der Waals surface area contributed by atoms with Crippen molar-refractivity contribution in [2.24, 2.45) is 5.16 Å². The standard InChI is InChI=1S/C45H36BNO7/c1-51-47-29-41(53-44(49)38-25-19-35(20-26-38)32-13-7-3-8-14-32)42(54-45(50)39-27-21-36(22-28-39)33-15-9-4-10-16-33)40(46)30-52-43(48)37-23-17-34(18-24-37)31-11-5-2-6-12-31/h2-29,40-42H,30H2,1H3/b47-29+/t40-,41+,42+/m1/s1. The van der Waals surface area contributed by atoms with Crippen molar-refractivity contribution in [1.29, 1.82) is 0 Å². The van der Waals surface area contributed by atoms with Crippen LogP contribution >= 0.6 is 0 Å². The van der Waals surface area contributed by atoms with E-state index in [9.17, 15) is 14.4 Å². The molecule has 2 radical (unpaired) electrons. The van der Waals surface area contributed by atoms with Gasteiger partial charge in [0.2, 0.25) is 0 Å². The lowest BCUT2D eigenvalue weighted by molar-refractivity contribution is -0.0235. The van der Waals surface area contributed by atoms with E-state index >= 15 is 0 Å².